The number of piperazine rings is 1. The Morgan fingerprint density at radius 2 is 1.71 bits per heavy atom. The Labute approximate surface area is 122 Å². The van der Waals surface area contributed by atoms with E-state index >= 15 is 0 Å². The van der Waals surface area contributed by atoms with Gasteiger partial charge < -0.3 is 10.2 Å². The molecule has 1 aliphatic carbocycles. The summed E-state index contributed by atoms with van der Waals surface area (Å²) < 4.78 is 38.6. The average molecular weight is 306 g/mol. The Morgan fingerprint density at radius 3 is 2.14 bits per heavy atom. The fourth-order valence-corrected chi connectivity index (χ4v) is 3.27. The topological polar surface area (TPSA) is 49.4 Å². The Bertz CT molecular complexity index is 448. The maximum absolute atomic E-state index is 12.9. The van der Waals surface area contributed by atoms with Crippen molar-refractivity contribution in [3.05, 3.63) is 0 Å². The second-order valence-corrected chi connectivity index (χ2v) is 7.05. The Morgan fingerprint density at radius 1 is 1.19 bits per heavy atom. The van der Waals surface area contributed by atoms with Crippen LogP contribution in [-0.4, -0.2) is 41.0 Å². The van der Waals surface area contributed by atoms with E-state index in [4.69, 9.17) is 0 Å². The van der Waals surface area contributed by atoms with Crippen LogP contribution in [0.3, 0.4) is 0 Å². The molecule has 1 saturated heterocycles. The van der Waals surface area contributed by atoms with E-state index in [0.717, 1.165) is 4.90 Å². The summed E-state index contributed by atoms with van der Waals surface area (Å²) in [5.74, 6) is -1.06. The van der Waals surface area contributed by atoms with Crippen LogP contribution in [-0.2, 0) is 9.59 Å². The monoisotopic (exact) mass is 306 g/mol. The van der Waals surface area contributed by atoms with Gasteiger partial charge in [-0.25, -0.2) is 0 Å². The van der Waals surface area contributed by atoms with Gasteiger partial charge in [0.25, 0.3) is 0 Å². The molecule has 2 fully saturated rings. The highest BCUT2D eigenvalue weighted by Gasteiger charge is 2.57. The molecule has 1 aliphatic heterocycles. The molecule has 0 aromatic carbocycles. The minimum absolute atomic E-state index is 0.303. The second-order valence-electron chi connectivity index (χ2n) is 7.05. The SMILES string of the molecule is CC(C)(C)C1NC(=O)C2(CCCC2)N(CC(F)(F)F)C1=O. The predicted octanol–water partition coefficient (Wildman–Crippen LogP) is 2.23. The predicted molar refractivity (Wildman–Crippen MR) is 70.4 cm³/mol. The Balaban J connectivity index is 2.40. The lowest BCUT2D eigenvalue weighted by Crippen LogP contribution is -2.73. The van der Waals surface area contributed by atoms with Crippen LogP contribution < -0.4 is 5.32 Å². The van der Waals surface area contributed by atoms with Crippen molar-refractivity contribution < 1.29 is 22.8 Å². The molecular weight excluding hydrogens is 285 g/mol. The molecule has 1 atom stereocenters. The van der Waals surface area contributed by atoms with Crippen molar-refractivity contribution >= 4 is 11.8 Å². The lowest BCUT2D eigenvalue weighted by atomic mass is 9.80. The zero-order chi connectivity index (χ0) is 16.1. The zero-order valence-electron chi connectivity index (χ0n) is 12.5. The molecule has 0 radical (unpaired) electrons. The van der Waals surface area contributed by atoms with E-state index in [1.54, 1.807) is 20.8 Å². The largest absolute Gasteiger partial charge is 0.406 e. The summed E-state index contributed by atoms with van der Waals surface area (Å²) in [4.78, 5) is 25.8. The van der Waals surface area contributed by atoms with Crippen LogP contribution in [0.1, 0.15) is 46.5 Å². The molecule has 1 unspecified atom stereocenters. The molecule has 0 aromatic rings. The molecule has 1 heterocycles. The van der Waals surface area contributed by atoms with Crippen molar-refractivity contribution in [3.63, 3.8) is 0 Å². The average Bonchev–Trinajstić information content (AvgIpc) is 2.77. The number of nitrogens with one attached hydrogen (secondary N) is 1. The minimum Gasteiger partial charge on any atom is -0.342 e. The third kappa shape index (κ3) is 2.87. The summed E-state index contributed by atoms with van der Waals surface area (Å²) >= 11 is 0. The van der Waals surface area contributed by atoms with Crippen molar-refractivity contribution in [1.82, 2.24) is 10.2 Å². The molecule has 2 rings (SSSR count). The summed E-state index contributed by atoms with van der Waals surface area (Å²) in [5.41, 5.74) is -1.94. The van der Waals surface area contributed by atoms with Crippen LogP contribution in [0.4, 0.5) is 13.2 Å². The molecule has 4 nitrogen and oxygen atoms in total. The van der Waals surface area contributed by atoms with Crippen molar-refractivity contribution in [2.75, 3.05) is 6.54 Å². The summed E-state index contributed by atoms with van der Waals surface area (Å²) in [6.07, 6.45) is -2.58. The van der Waals surface area contributed by atoms with Crippen LogP contribution in [0.25, 0.3) is 0 Å². The standard InChI is InChI=1S/C14H21F3N2O2/c1-12(2,3)9-10(20)19(8-14(15,16)17)13(11(21)18-9)6-4-5-7-13/h9H,4-8H2,1-3H3,(H,18,21). The summed E-state index contributed by atoms with van der Waals surface area (Å²) in [7, 11) is 0. The van der Waals surface area contributed by atoms with Crippen molar-refractivity contribution in [1.29, 1.82) is 0 Å². The molecule has 120 valence electrons. The number of rotatable bonds is 1. The first kappa shape index (κ1) is 16.1. The molecule has 21 heavy (non-hydrogen) atoms. The highest BCUT2D eigenvalue weighted by atomic mass is 19.4. The maximum Gasteiger partial charge on any atom is 0.406 e. The number of alkyl halides is 3. The van der Waals surface area contributed by atoms with Gasteiger partial charge >= 0.3 is 6.18 Å². The first-order valence-corrected chi connectivity index (χ1v) is 7.17. The van der Waals surface area contributed by atoms with E-state index in [-0.39, 0.29) is 0 Å². The fraction of sp³-hybridized carbons (Fsp3) is 0.857. The van der Waals surface area contributed by atoms with Crippen LogP contribution in [0, 0.1) is 5.41 Å². The smallest absolute Gasteiger partial charge is 0.342 e. The number of halogens is 3. The minimum atomic E-state index is -4.51. The van der Waals surface area contributed by atoms with Gasteiger partial charge in [-0.15, -0.1) is 0 Å². The van der Waals surface area contributed by atoms with Gasteiger partial charge in [0.2, 0.25) is 11.8 Å². The highest BCUT2D eigenvalue weighted by Crippen LogP contribution is 2.41. The summed E-state index contributed by atoms with van der Waals surface area (Å²) in [6, 6.07) is -0.918. The molecule has 2 aliphatic rings. The van der Waals surface area contributed by atoms with Crippen LogP contribution in [0.5, 0.6) is 0 Å². The number of amides is 2. The van der Waals surface area contributed by atoms with Gasteiger partial charge in [-0.3, -0.25) is 9.59 Å². The van der Waals surface area contributed by atoms with E-state index in [2.05, 4.69) is 5.32 Å². The number of nitrogens with zero attached hydrogens (tertiary/aromatic N) is 1. The first-order chi connectivity index (χ1) is 9.47. The van der Waals surface area contributed by atoms with Crippen LogP contribution in [0.2, 0.25) is 0 Å². The number of hydrogen-bond donors (Lipinski definition) is 1. The van der Waals surface area contributed by atoms with Gasteiger partial charge in [0.15, 0.2) is 0 Å². The number of carbonyl (C=O) groups excluding carboxylic acids is 2. The highest BCUT2D eigenvalue weighted by molar-refractivity contribution is 6.00. The summed E-state index contributed by atoms with van der Waals surface area (Å²) in [5, 5.41) is 2.66. The van der Waals surface area contributed by atoms with Crippen LogP contribution >= 0.6 is 0 Å². The van der Waals surface area contributed by atoms with Gasteiger partial charge in [-0.1, -0.05) is 33.6 Å². The lowest BCUT2D eigenvalue weighted by Gasteiger charge is -2.49. The van der Waals surface area contributed by atoms with Crippen LogP contribution in [0.15, 0.2) is 0 Å². The van der Waals surface area contributed by atoms with Crippen molar-refractivity contribution in [2.45, 2.75) is 64.2 Å². The lowest BCUT2D eigenvalue weighted by molar-refractivity contribution is -0.185. The molecule has 2 amide bonds. The molecule has 0 bridgehead atoms. The Hall–Kier alpha value is -1.27. The van der Waals surface area contributed by atoms with Gasteiger partial charge in [0.1, 0.15) is 18.1 Å². The molecule has 0 aromatic heterocycles. The molecule has 7 heteroatoms. The van der Waals surface area contributed by atoms with E-state index in [0.29, 0.717) is 25.7 Å². The van der Waals surface area contributed by atoms with E-state index < -0.39 is 41.5 Å². The molecule has 1 saturated carbocycles. The molecule has 1 N–H and O–H groups in total. The summed E-state index contributed by atoms with van der Waals surface area (Å²) in [6.45, 7) is 3.84. The number of carbonyl (C=O) groups is 2. The fourth-order valence-electron chi connectivity index (χ4n) is 3.27. The van der Waals surface area contributed by atoms with E-state index in [1.165, 1.54) is 0 Å². The first-order valence-electron chi connectivity index (χ1n) is 7.17. The molecule has 1 spiro atoms. The zero-order valence-corrected chi connectivity index (χ0v) is 12.5. The Kier molecular flexibility index (Phi) is 3.74. The van der Waals surface area contributed by atoms with Gasteiger partial charge in [-0.05, 0) is 18.3 Å². The number of hydrogen-bond acceptors (Lipinski definition) is 2. The third-order valence-electron chi connectivity index (χ3n) is 4.36. The molecular formula is C14H21F3N2O2. The quantitative estimate of drug-likeness (QED) is 0.807. The van der Waals surface area contributed by atoms with E-state index in [1.807, 2.05) is 0 Å². The van der Waals surface area contributed by atoms with Crippen molar-refractivity contribution in [3.8, 4) is 0 Å². The van der Waals surface area contributed by atoms with Crippen molar-refractivity contribution in [2.24, 2.45) is 5.41 Å². The second kappa shape index (κ2) is 4.88. The van der Waals surface area contributed by atoms with E-state index in [9.17, 15) is 22.8 Å². The third-order valence-corrected chi connectivity index (χ3v) is 4.36. The van der Waals surface area contributed by atoms with Gasteiger partial charge in [0.05, 0.1) is 0 Å². The maximum atomic E-state index is 12.9. The normalized spacial score (nSPS) is 26.4. The van der Waals surface area contributed by atoms with Gasteiger partial charge in [0, 0.05) is 0 Å². The van der Waals surface area contributed by atoms with Gasteiger partial charge in [-0.2, -0.15) is 13.2 Å².